The molecule has 1 aromatic rings. The lowest BCUT2D eigenvalue weighted by atomic mass is 10.0. The Hall–Kier alpha value is -1.35. The summed E-state index contributed by atoms with van der Waals surface area (Å²) < 4.78 is 0. The average Bonchev–Trinajstić information content (AvgIpc) is 2.62. The maximum Gasteiger partial charge on any atom is 0.254 e. The molecule has 0 aliphatic carbocycles. The number of hydrogen-bond donors (Lipinski definition) is 1. The normalized spacial score (nSPS) is 24.1. The fourth-order valence-electron chi connectivity index (χ4n) is 2.31. The van der Waals surface area contributed by atoms with Gasteiger partial charge in [-0.25, -0.2) is 0 Å². The summed E-state index contributed by atoms with van der Waals surface area (Å²) in [4.78, 5) is 14.3. The fourth-order valence-corrected chi connectivity index (χ4v) is 2.31. The van der Waals surface area contributed by atoms with Gasteiger partial charge in [-0.05, 0) is 37.0 Å². The smallest absolute Gasteiger partial charge is 0.254 e. The molecule has 1 aliphatic heterocycles. The molecule has 0 aromatic heterocycles. The highest BCUT2D eigenvalue weighted by molar-refractivity contribution is 5.96. The molecule has 1 aromatic carbocycles. The molecule has 0 radical (unpaired) electrons. The largest absolute Gasteiger partial charge is 0.337 e. The van der Waals surface area contributed by atoms with Gasteiger partial charge in [0.25, 0.3) is 5.91 Å². The lowest BCUT2D eigenvalue weighted by molar-refractivity contribution is 0.0786. The number of carbonyl (C=O) groups excluding carboxylic acids is 1. The van der Waals surface area contributed by atoms with Crippen LogP contribution in [-0.2, 0) is 0 Å². The van der Waals surface area contributed by atoms with Crippen molar-refractivity contribution in [2.45, 2.75) is 26.8 Å². The van der Waals surface area contributed by atoms with E-state index in [0.29, 0.717) is 12.5 Å². The lowest BCUT2D eigenvalue weighted by Gasteiger charge is -2.18. The molecular formula is C14H20N2O. The van der Waals surface area contributed by atoms with Crippen LogP contribution in [-0.4, -0.2) is 29.9 Å². The summed E-state index contributed by atoms with van der Waals surface area (Å²) in [5.41, 5.74) is 9.00. The molecular weight excluding hydrogens is 212 g/mol. The number of nitrogens with two attached hydrogens (primary N) is 1. The molecule has 2 N–H and O–H groups in total. The molecule has 1 fully saturated rings. The molecule has 2 atom stereocenters. The van der Waals surface area contributed by atoms with Crippen LogP contribution in [0, 0.1) is 19.8 Å². The van der Waals surface area contributed by atoms with E-state index in [1.54, 1.807) is 0 Å². The number of benzene rings is 1. The molecule has 3 heteroatoms. The van der Waals surface area contributed by atoms with Gasteiger partial charge in [-0.3, -0.25) is 4.79 Å². The maximum atomic E-state index is 12.4. The summed E-state index contributed by atoms with van der Waals surface area (Å²) in [5, 5.41) is 0. The van der Waals surface area contributed by atoms with Crippen molar-refractivity contribution >= 4 is 5.91 Å². The highest BCUT2D eigenvalue weighted by Gasteiger charge is 2.30. The van der Waals surface area contributed by atoms with E-state index in [1.807, 2.05) is 36.9 Å². The molecule has 0 bridgehead atoms. The van der Waals surface area contributed by atoms with E-state index in [-0.39, 0.29) is 11.9 Å². The van der Waals surface area contributed by atoms with Gasteiger partial charge in [0.1, 0.15) is 0 Å². The first kappa shape index (κ1) is 12.1. The van der Waals surface area contributed by atoms with Crippen LogP contribution in [0.1, 0.15) is 28.4 Å². The van der Waals surface area contributed by atoms with Gasteiger partial charge in [-0.2, -0.15) is 0 Å². The van der Waals surface area contributed by atoms with Gasteiger partial charge in [0, 0.05) is 24.7 Å². The Morgan fingerprint density at radius 1 is 1.35 bits per heavy atom. The van der Waals surface area contributed by atoms with Crippen LogP contribution in [0.4, 0.5) is 0 Å². The fraction of sp³-hybridized carbons (Fsp3) is 0.500. The van der Waals surface area contributed by atoms with Crippen molar-refractivity contribution < 1.29 is 4.79 Å². The second-order valence-corrected chi connectivity index (χ2v) is 5.10. The predicted octanol–water partition coefficient (Wildman–Crippen LogP) is 1.72. The third-order valence-corrected chi connectivity index (χ3v) is 3.79. The van der Waals surface area contributed by atoms with Crippen molar-refractivity contribution in [1.82, 2.24) is 4.90 Å². The lowest BCUT2D eigenvalue weighted by Crippen LogP contribution is -2.32. The molecule has 0 saturated carbocycles. The highest BCUT2D eigenvalue weighted by atomic mass is 16.2. The summed E-state index contributed by atoms with van der Waals surface area (Å²) in [6.45, 7) is 7.58. The van der Waals surface area contributed by atoms with Crippen molar-refractivity contribution in [2.24, 2.45) is 11.7 Å². The van der Waals surface area contributed by atoms with E-state index in [9.17, 15) is 4.79 Å². The van der Waals surface area contributed by atoms with E-state index in [0.717, 1.165) is 23.2 Å². The number of carbonyl (C=O) groups is 1. The third-order valence-electron chi connectivity index (χ3n) is 3.79. The van der Waals surface area contributed by atoms with Gasteiger partial charge in [0.2, 0.25) is 0 Å². The van der Waals surface area contributed by atoms with Crippen LogP contribution in [0.2, 0.25) is 0 Å². The first-order valence-electron chi connectivity index (χ1n) is 6.11. The van der Waals surface area contributed by atoms with Crippen LogP contribution >= 0.6 is 0 Å². The van der Waals surface area contributed by atoms with Crippen LogP contribution < -0.4 is 5.73 Å². The van der Waals surface area contributed by atoms with E-state index in [1.165, 1.54) is 0 Å². The first-order chi connectivity index (χ1) is 8.00. The van der Waals surface area contributed by atoms with Gasteiger partial charge in [-0.1, -0.05) is 19.1 Å². The zero-order valence-electron chi connectivity index (χ0n) is 10.7. The topological polar surface area (TPSA) is 46.3 Å². The summed E-state index contributed by atoms with van der Waals surface area (Å²) in [5.74, 6) is 0.509. The summed E-state index contributed by atoms with van der Waals surface area (Å²) >= 11 is 0. The molecule has 0 spiro atoms. The second kappa shape index (κ2) is 4.49. The molecule has 3 nitrogen and oxygen atoms in total. The second-order valence-electron chi connectivity index (χ2n) is 5.10. The Kier molecular flexibility index (Phi) is 3.20. The van der Waals surface area contributed by atoms with Crippen molar-refractivity contribution in [3.05, 3.63) is 34.9 Å². The third kappa shape index (κ3) is 2.20. The monoisotopic (exact) mass is 232 g/mol. The van der Waals surface area contributed by atoms with Crippen molar-refractivity contribution in [3.63, 3.8) is 0 Å². The van der Waals surface area contributed by atoms with Crippen molar-refractivity contribution in [2.75, 3.05) is 13.1 Å². The van der Waals surface area contributed by atoms with E-state index in [4.69, 9.17) is 5.73 Å². The molecule has 1 heterocycles. The van der Waals surface area contributed by atoms with Crippen molar-refractivity contribution in [1.29, 1.82) is 0 Å². The molecule has 1 amide bonds. The number of rotatable bonds is 1. The summed E-state index contributed by atoms with van der Waals surface area (Å²) in [7, 11) is 0. The molecule has 17 heavy (non-hydrogen) atoms. The highest BCUT2D eigenvalue weighted by Crippen LogP contribution is 2.20. The number of likely N-dealkylation sites (tertiary alicyclic amines) is 1. The van der Waals surface area contributed by atoms with Gasteiger partial charge in [0.15, 0.2) is 0 Å². The average molecular weight is 232 g/mol. The Balaban J connectivity index is 2.24. The van der Waals surface area contributed by atoms with E-state index >= 15 is 0 Å². The molecule has 92 valence electrons. The van der Waals surface area contributed by atoms with Gasteiger partial charge < -0.3 is 10.6 Å². The SMILES string of the molecule is Cc1cccc(C(=O)N2CC(C)C(N)C2)c1C. The quantitative estimate of drug-likeness (QED) is 0.801. The number of nitrogens with zero attached hydrogens (tertiary/aromatic N) is 1. The standard InChI is InChI=1S/C14H20N2O/c1-9-5-4-6-12(11(9)3)14(17)16-7-10(2)13(15)8-16/h4-6,10,13H,7-8,15H2,1-3H3. The number of hydrogen-bond acceptors (Lipinski definition) is 2. The maximum absolute atomic E-state index is 12.4. The van der Waals surface area contributed by atoms with E-state index < -0.39 is 0 Å². The summed E-state index contributed by atoms with van der Waals surface area (Å²) in [6, 6.07) is 5.99. The van der Waals surface area contributed by atoms with Crippen LogP contribution in [0.5, 0.6) is 0 Å². The van der Waals surface area contributed by atoms with Gasteiger partial charge in [0.05, 0.1) is 0 Å². The first-order valence-corrected chi connectivity index (χ1v) is 6.11. The summed E-state index contributed by atoms with van der Waals surface area (Å²) in [6.07, 6.45) is 0. The Morgan fingerprint density at radius 3 is 2.65 bits per heavy atom. The Morgan fingerprint density at radius 2 is 2.06 bits per heavy atom. The van der Waals surface area contributed by atoms with Crippen LogP contribution in [0.3, 0.4) is 0 Å². The Bertz CT molecular complexity index is 432. The molecule has 2 rings (SSSR count). The van der Waals surface area contributed by atoms with Crippen molar-refractivity contribution in [3.8, 4) is 0 Å². The van der Waals surface area contributed by atoms with E-state index in [2.05, 4.69) is 6.92 Å². The minimum Gasteiger partial charge on any atom is -0.337 e. The minimum absolute atomic E-state index is 0.115. The molecule has 1 aliphatic rings. The number of aryl methyl sites for hydroxylation is 1. The molecule has 1 saturated heterocycles. The van der Waals surface area contributed by atoms with Crippen LogP contribution in [0.15, 0.2) is 18.2 Å². The van der Waals surface area contributed by atoms with Gasteiger partial charge in [-0.15, -0.1) is 0 Å². The predicted molar refractivity (Wildman–Crippen MR) is 69.0 cm³/mol. The minimum atomic E-state index is 0.115. The number of amides is 1. The molecule has 2 unspecified atom stereocenters. The zero-order chi connectivity index (χ0) is 12.6. The zero-order valence-corrected chi connectivity index (χ0v) is 10.7. The Labute approximate surface area is 103 Å². The van der Waals surface area contributed by atoms with Gasteiger partial charge >= 0.3 is 0 Å². The van der Waals surface area contributed by atoms with Crippen LogP contribution in [0.25, 0.3) is 0 Å².